The van der Waals surface area contributed by atoms with E-state index < -0.39 is 12.0 Å². The Bertz CT molecular complexity index is 801. The lowest BCUT2D eigenvalue weighted by Crippen LogP contribution is -2.30. The summed E-state index contributed by atoms with van der Waals surface area (Å²) in [6, 6.07) is 6.90. The number of fused-ring (bicyclic) bond motifs is 1. The molecule has 1 atom stereocenters. The summed E-state index contributed by atoms with van der Waals surface area (Å²) in [5.74, 6) is 0.685. The monoisotopic (exact) mass is 345 g/mol. The molecular formula is C16H19N5O4. The van der Waals surface area contributed by atoms with Gasteiger partial charge in [0.1, 0.15) is 18.4 Å². The van der Waals surface area contributed by atoms with Crippen molar-refractivity contribution in [2.24, 2.45) is 0 Å². The van der Waals surface area contributed by atoms with Gasteiger partial charge >= 0.3 is 5.97 Å². The van der Waals surface area contributed by atoms with Gasteiger partial charge in [-0.05, 0) is 35.0 Å². The molecule has 9 heteroatoms. The number of hydrogen-bond donors (Lipinski definition) is 1. The van der Waals surface area contributed by atoms with Gasteiger partial charge in [0.15, 0.2) is 0 Å². The molecule has 0 saturated heterocycles. The normalized spacial score (nSPS) is 16.2. The number of nitrogens with zero attached hydrogens (tertiary/aromatic N) is 4. The number of carbonyl (C=O) groups excluding carboxylic acids is 1. The summed E-state index contributed by atoms with van der Waals surface area (Å²) in [5, 5.41) is 14.7. The number of benzene rings is 1. The first-order valence-corrected chi connectivity index (χ1v) is 7.71. The van der Waals surface area contributed by atoms with E-state index in [9.17, 15) is 4.79 Å². The third-order valence-corrected chi connectivity index (χ3v) is 3.86. The van der Waals surface area contributed by atoms with E-state index in [0.717, 1.165) is 5.56 Å². The van der Waals surface area contributed by atoms with Crippen LogP contribution in [0.2, 0.25) is 0 Å². The van der Waals surface area contributed by atoms with Crippen LogP contribution in [0.5, 0.6) is 5.75 Å². The van der Waals surface area contributed by atoms with E-state index in [4.69, 9.17) is 14.2 Å². The fraction of sp³-hybridized carbons (Fsp3) is 0.375. The Kier molecular flexibility index (Phi) is 4.94. The van der Waals surface area contributed by atoms with Gasteiger partial charge in [0.2, 0.25) is 5.95 Å². The molecule has 1 aliphatic heterocycles. The van der Waals surface area contributed by atoms with Crippen LogP contribution >= 0.6 is 0 Å². The van der Waals surface area contributed by atoms with Crippen LogP contribution in [0.25, 0.3) is 0 Å². The summed E-state index contributed by atoms with van der Waals surface area (Å²) in [6.45, 7) is 2.28. The third kappa shape index (κ3) is 3.31. The summed E-state index contributed by atoms with van der Waals surface area (Å²) in [7, 11) is 3.14. The van der Waals surface area contributed by atoms with Gasteiger partial charge in [-0.25, -0.2) is 4.79 Å². The van der Waals surface area contributed by atoms with Crippen LogP contribution in [0.4, 0.5) is 5.95 Å². The Morgan fingerprint density at radius 1 is 1.32 bits per heavy atom. The van der Waals surface area contributed by atoms with Crippen molar-refractivity contribution in [3.63, 3.8) is 0 Å². The first kappa shape index (κ1) is 16.9. The molecule has 0 saturated carbocycles. The Hall–Kier alpha value is -2.94. The van der Waals surface area contributed by atoms with Gasteiger partial charge in [-0.15, -0.1) is 0 Å². The number of ether oxygens (including phenoxy) is 3. The maximum absolute atomic E-state index is 12.7. The molecule has 0 unspecified atom stereocenters. The predicted molar refractivity (Wildman–Crippen MR) is 88.1 cm³/mol. The Balaban J connectivity index is 2.02. The minimum atomic E-state index is -0.517. The lowest BCUT2D eigenvalue weighted by atomic mass is 9.95. The maximum Gasteiger partial charge on any atom is 0.338 e. The molecule has 1 aliphatic rings. The molecule has 0 aliphatic carbocycles. The van der Waals surface area contributed by atoms with Crippen molar-refractivity contribution in [1.29, 1.82) is 0 Å². The van der Waals surface area contributed by atoms with E-state index in [1.165, 1.54) is 0 Å². The van der Waals surface area contributed by atoms with Crippen molar-refractivity contribution in [1.82, 2.24) is 20.2 Å². The molecule has 1 N–H and O–H groups in total. The van der Waals surface area contributed by atoms with Gasteiger partial charge in [-0.3, -0.25) is 0 Å². The number of rotatable bonds is 6. The molecule has 2 heterocycles. The quantitative estimate of drug-likeness (QED) is 0.615. The van der Waals surface area contributed by atoms with Crippen LogP contribution in [0.3, 0.4) is 0 Å². The fourth-order valence-corrected chi connectivity index (χ4v) is 2.69. The minimum Gasteiger partial charge on any atom is -0.497 e. The Morgan fingerprint density at radius 2 is 2.16 bits per heavy atom. The highest BCUT2D eigenvalue weighted by Crippen LogP contribution is 2.35. The zero-order valence-corrected chi connectivity index (χ0v) is 14.2. The van der Waals surface area contributed by atoms with Crippen LogP contribution in [-0.2, 0) is 14.3 Å². The summed E-state index contributed by atoms with van der Waals surface area (Å²) in [6.07, 6.45) is 0. The van der Waals surface area contributed by atoms with Crippen molar-refractivity contribution in [3.8, 4) is 5.75 Å². The fourth-order valence-electron chi connectivity index (χ4n) is 2.69. The second-order valence-electron chi connectivity index (χ2n) is 5.42. The minimum absolute atomic E-state index is 0.166. The molecule has 0 amide bonds. The van der Waals surface area contributed by atoms with Gasteiger partial charge in [0, 0.05) is 12.8 Å². The number of aromatic nitrogens is 4. The number of nitrogens with one attached hydrogen (secondary N) is 1. The second-order valence-corrected chi connectivity index (χ2v) is 5.42. The molecule has 9 nitrogen and oxygen atoms in total. The number of carbonyl (C=O) groups is 1. The topological polar surface area (TPSA) is 100 Å². The van der Waals surface area contributed by atoms with E-state index in [-0.39, 0.29) is 6.61 Å². The first-order valence-electron chi connectivity index (χ1n) is 7.71. The summed E-state index contributed by atoms with van der Waals surface area (Å²) >= 11 is 0. The number of anilines is 1. The van der Waals surface area contributed by atoms with Gasteiger partial charge in [-0.2, -0.15) is 4.68 Å². The summed E-state index contributed by atoms with van der Waals surface area (Å²) in [5.41, 5.74) is 1.88. The largest absolute Gasteiger partial charge is 0.497 e. The average molecular weight is 345 g/mol. The second kappa shape index (κ2) is 7.31. The van der Waals surface area contributed by atoms with Crippen molar-refractivity contribution in [2.75, 3.05) is 32.8 Å². The molecule has 25 heavy (non-hydrogen) atoms. The molecule has 0 fully saturated rings. The van der Waals surface area contributed by atoms with E-state index in [0.29, 0.717) is 29.6 Å². The van der Waals surface area contributed by atoms with Crippen molar-refractivity contribution < 1.29 is 19.0 Å². The maximum atomic E-state index is 12.7. The van der Waals surface area contributed by atoms with Crippen LogP contribution in [-0.4, -0.2) is 53.6 Å². The molecule has 0 radical (unpaired) electrons. The van der Waals surface area contributed by atoms with E-state index in [2.05, 4.69) is 20.8 Å². The molecule has 132 valence electrons. The van der Waals surface area contributed by atoms with Crippen molar-refractivity contribution >= 4 is 11.9 Å². The molecule has 3 rings (SSSR count). The smallest absolute Gasteiger partial charge is 0.338 e. The van der Waals surface area contributed by atoms with Crippen LogP contribution in [0.15, 0.2) is 35.5 Å². The highest BCUT2D eigenvalue weighted by Gasteiger charge is 2.35. The molecule has 2 aromatic rings. The molecule has 0 spiro atoms. The third-order valence-electron chi connectivity index (χ3n) is 3.86. The number of hydrogen-bond acceptors (Lipinski definition) is 8. The number of tetrazole rings is 1. The van der Waals surface area contributed by atoms with Crippen LogP contribution in [0, 0.1) is 0 Å². The zero-order chi connectivity index (χ0) is 17.8. The number of esters is 1. The van der Waals surface area contributed by atoms with Gasteiger partial charge < -0.3 is 19.5 Å². The Labute approximate surface area is 144 Å². The first-order chi connectivity index (χ1) is 12.2. The molecule has 1 aromatic carbocycles. The Morgan fingerprint density at radius 3 is 2.92 bits per heavy atom. The molecule has 0 bridgehead atoms. The summed E-state index contributed by atoms with van der Waals surface area (Å²) in [4.78, 5) is 12.7. The van der Waals surface area contributed by atoms with Crippen molar-refractivity contribution in [3.05, 3.63) is 41.1 Å². The van der Waals surface area contributed by atoms with Crippen molar-refractivity contribution in [2.45, 2.75) is 13.0 Å². The SMILES string of the molecule is COCCOC(=O)C1=C(C)Nc2nnnn2[C@H]1c1cccc(OC)c1. The highest BCUT2D eigenvalue weighted by molar-refractivity contribution is 5.92. The standard InChI is InChI=1S/C16H19N5O4/c1-10-13(15(22)25-8-7-23-2)14(21-16(17-10)18-19-20-21)11-5-4-6-12(9-11)24-3/h4-6,9,14H,7-8H2,1-3H3,(H,17,18,20)/t14-/m0/s1. The molecule has 1 aromatic heterocycles. The van der Waals surface area contributed by atoms with Gasteiger partial charge in [-0.1, -0.05) is 17.2 Å². The number of methoxy groups -OCH3 is 2. The van der Waals surface area contributed by atoms with Gasteiger partial charge in [0.25, 0.3) is 0 Å². The lowest BCUT2D eigenvalue weighted by Gasteiger charge is -2.27. The number of allylic oxidation sites excluding steroid dienone is 1. The van der Waals surface area contributed by atoms with E-state index in [1.807, 2.05) is 24.3 Å². The molecular weight excluding hydrogens is 326 g/mol. The van der Waals surface area contributed by atoms with E-state index >= 15 is 0 Å². The zero-order valence-electron chi connectivity index (χ0n) is 14.2. The van der Waals surface area contributed by atoms with E-state index in [1.54, 1.807) is 25.8 Å². The van der Waals surface area contributed by atoms with Crippen LogP contribution in [0.1, 0.15) is 18.5 Å². The predicted octanol–water partition coefficient (Wildman–Crippen LogP) is 1.16. The lowest BCUT2D eigenvalue weighted by molar-refractivity contribution is -0.140. The summed E-state index contributed by atoms with van der Waals surface area (Å²) < 4.78 is 17.1. The average Bonchev–Trinajstić information content (AvgIpc) is 3.08. The van der Waals surface area contributed by atoms with Crippen LogP contribution < -0.4 is 10.1 Å². The highest BCUT2D eigenvalue weighted by atomic mass is 16.6. The van der Waals surface area contributed by atoms with Gasteiger partial charge in [0.05, 0.1) is 19.3 Å².